The van der Waals surface area contributed by atoms with Crippen LogP contribution in [0.2, 0.25) is 0 Å². The van der Waals surface area contributed by atoms with Gasteiger partial charge in [-0.25, -0.2) is 4.79 Å². The Bertz CT molecular complexity index is 2090. The monoisotopic (exact) mass is 948 g/mol. The van der Waals surface area contributed by atoms with Crippen molar-refractivity contribution in [2.75, 3.05) is 6.54 Å². The average Bonchev–Trinajstić information content (AvgIpc) is 3.30. The van der Waals surface area contributed by atoms with Crippen LogP contribution in [0.4, 0.5) is 0 Å². The third-order valence-electron chi connectivity index (χ3n) is 11.4. The molecule has 0 saturated carbocycles. The van der Waals surface area contributed by atoms with Gasteiger partial charge in [-0.15, -0.1) is 0 Å². The van der Waals surface area contributed by atoms with Crippen molar-refractivity contribution < 1.29 is 48.9 Å². The highest BCUT2D eigenvalue weighted by molar-refractivity contribution is 7.81. The van der Waals surface area contributed by atoms with Gasteiger partial charge in [0.2, 0.25) is 35.4 Å². The van der Waals surface area contributed by atoms with Crippen molar-refractivity contribution in [1.82, 2.24) is 31.9 Å². The predicted octanol–water partition coefficient (Wildman–Crippen LogP) is 1.60. The van der Waals surface area contributed by atoms with E-state index in [0.29, 0.717) is 36.0 Å². The summed E-state index contributed by atoms with van der Waals surface area (Å²) in [5.41, 5.74) is 13.6. The molecule has 0 aromatic heterocycles. The van der Waals surface area contributed by atoms with E-state index < -0.39 is 89.0 Å². The van der Waals surface area contributed by atoms with Crippen LogP contribution in [0.15, 0.2) is 78.9 Å². The zero-order valence-corrected chi connectivity index (χ0v) is 39.6. The molecular formula is C48H68N8O10S. The van der Waals surface area contributed by atoms with E-state index in [4.69, 9.17) is 11.5 Å². The zero-order valence-electron chi connectivity index (χ0n) is 38.7. The average molecular weight is 949 g/mol. The highest BCUT2D eigenvalue weighted by Crippen LogP contribution is 2.17. The summed E-state index contributed by atoms with van der Waals surface area (Å²) in [6, 6.07) is 11.7. The number of carboxylic acids is 1. The number of hydrogen-bond acceptors (Lipinski definition) is 12. The summed E-state index contributed by atoms with van der Waals surface area (Å²) >= 11 is 4.45. The number of amides is 6. The molecule has 0 bridgehead atoms. The van der Waals surface area contributed by atoms with Crippen molar-refractivity contribution in [3.8, 4) is 11.5 Å². The lowest BCUT2D eigenvalue weighted by Crippen LogP contribution is -2.60. The molecule has 366 valence electrons. The number of phenols is 2. The molecular weight excluding hydrogens is 881 g/mol. The van der Waals surface area contributed by atoms with Crippen LogP contribution in [0.5, 0.6) is 11.5 Å². The number of rotatable bonds is 27. The molecule has 67 heavy (non-hydrogen) atoms. The van der Waals surface area contributed by atoms with Crippen LogP contribution >= 0.6 is 12.6 Å². The van der Waals surface area contributed by atoms with Crippen LogP contribution in [-0.4, -0.2) is 111 Å². The second-order valence-corrected chi connectivity index (χ2v) is 17.8. The van der Waals surface area contributed by atoms with Crippen molar-refractivity contribution in [2.24, 2.45) is 23.3 Å². The highest BCUT2D eigenvalue weighted by atomic mass is 32.1. The highest BCUT2D eigenvalue weighted by Gasteiger charge is 2.35. The molecule has 0 radical (unpaired) electrons. The summed E-state index contributed by atoms with van der Waals surface area (Å²) in [6.45, 7) is 9.05. The van der Waals surface area contributed by atoms with Crippen LogP contribution in [0.3, 0.4) is 0 Å². The Morgan fingerprint density at radius 3 is 1.48 bits per heavy atom. The molecule has 18 nitrogen and oxygen atoms in total. The lowest BCUT2D eigenvalue weighted by Gasteiger charge is -2.29. The number of benzene rings is 3. The topological polar surface area (TPSA) is 304 Å². The predicted molar refractivity (Wildman–Crippen MR) is 257 cm³/mol. The van der Waals surface area contributed by atoms with E-state index in [9.17, 15) is 48.9 Å². The van der Waals surface area contributed by atoms with Gasteiger partial charge < -0.3 is 58.7 Å². The van der Waals surface area contributed by atoms with Crippen molar-refractivity contribution in [3.63, 3.8) is 0 Å². The SMILES string of the molecule is CC[C@H](C)[C@H](NC(=O)[C@@H](N)C(S)C(C)C)C(=O)N[C@@H](C)C(=O)N[C@@H](CCCCN)C(=O)N[C@@H](Cc1ccc(O)cc1)C(=O)N[C@@H](Cc1ccc(O)cc1)C(=O)N[C@@H](Cc1ccccc1)C(=O)O. The van der Waals surface area contributed by atoms with Crippen molar-refractivity contribution >= 4 is 54.0 Å². The number of aromatic hydroxyl groups is 2. The first-order valence-electron chi connectivity index (χ1n) is 22.5. The van der Waals surface area contributed by atoms with E-state index in [-0.39, 0.29) is 55.6 Å². The summed E-state index contributed by atoms with van der Waals surface area (Å²) in [5, 5.41) is 45.4. The van der Waals surface area contributed by atoms with Gasteiger partial charge in [-0.2, -0.15) is 12.6 Å². The van der Waals surface area contributed by atoms with E-state index in [2.05, 4.69) is 44.5 Å². The Morgan fingerprint density at radius 2 is 1.01 bits per heavy atom. The largest absolute Gasteiger partial charge is 0.508 e. The molecule has 0 saturated heterocycles. The molecule has 3 aromatic rings. The second kappa shape index (κ2) is 27.5. The molecule has 3 rings (SSSR count). The van der Waals surface area contributed by atoms with Gasteiger partial charge >= 0.3 is 5.97 Å². The third kappa shape index (κ3) is 18.2. The number of carbonyl (C=O) groups excluding carboxylic acids is 6. The molecule has 13 N–H and O–H groups in total. The van der Waals surface area contributed by atoms with Gasteiger partial charge in [0.25, 0.3) is 0 Å². The van der Waals surface area contributed by atoms with Gasteiger partial charge in [-0.05, 0) is 85.5 Å². The molecule has 9 atom stereocenters. The van der Waals surface area contributed by atoms with Crippen LogP contribution in [0, 0.1) is 11.8 Å². The van der Waals surface area contributed by atoms with Crippen molar-refractivity contribution in [2.45, 2.75) is 127 Å². The van der Waals surface area contributed by atoms with Crippen molar-refractivity contribution in [3.05, 3.63) is 95.6 Å². The first kappa shape index (κ1) is 55.1. The molecule has 6 amide bonds. The fraction of sp³-hybridized carbons (Fsp3) is 0.479. The smallest absolute Gasteiger partial charge is 0.326 e. The quantitative estimate of drug-likeness (QED) is 0.0383. The number of carboxylic acid groups (broad SMARTS) is 1. The maximum atomic E-state index is 14.4. The number of aliphatic carboxylic acids is 1. The van der Waals surface area contributed by atoms with E-state index in [1.807, 2.05) is 20.8 Å². The number of unbranched alkanes of at least 4 members (excludes halogenated alkanes) is 1. The Labute approximate surface area is 397 Å². The van der Waals surface area contributed by atoms with Gasteiger partial charge in [-0.1, -0.05) is 88.7 Å². The maximum absolute atomic E-state index is 14.4. The van der Waals surface area contributed by atoms with E-state index >= 15 is 0 Å². The number of thiol groups is 1. The number of phenolic OH excluding ortho intramolecular Hbond substituents is 2. The number of carbonyl (C=O) groups is 7. The van der Waals surface area contributed by atoms with Crippen molar-refractivity contribution in [1.29, 1.82) is 0 Å². The lowest BCUT2D eigenvalue weighted by atomic mass is 9.96. The van der Waals surface area contributed by atoms with Gasteiger partial charge in [0.1, 0.15) is 47.8 Å². The fourth-order valence-electron chi connectivity index (χ4n) is 6.97. The number of nitrogens with one attached hydrogen (secondary N) is 6. The molecule has 0 spiro atoms. The molecule has 0 heterocycles. The lowest BCUT2D eigenvalue weighted by molar-refractivity contribution is -0.142. The molecule has 3 aromatic carbocycles. The maximum Gasteiger partial charge on any atom is 0.326 e. The van der Waals surface area contributed by atoms with E-state index in [1.165, 1.54) is 55.5 Å². The minimum atomic E-state index is -1.39. The Balaban J connectivity index is 1.90. The first-order chi connectivity index (χ1) is 31.7. The minimum absolute atomic E-state index is 0.0277. The molecule has 0 fully saturated rings. The number of nitrogens with two attached hydrogens (primary N) is 2. The second-order valence-electron chi connectivity index (χ2n) is 17.2. The molecule has 1 unspecified atom stereocenters. The zero-order chi connectivity index (χ0) is 49.8. The van der Waals surface area contributed by atoms with E-state index in [1.54, 1.807) is 37.3 Å². The van der Waals surface area contributed by atoms with Gasteiger partial charge in [0.15, 0.2) is 0 Å². The van der Waals surface area contributed by atoms with Crippen LogP contribution in [-0.2, 0) is 52.8 Å². The van der Waals surface area contributed by atoms with Crippen LogP contribution in [0.1, 0.15) is 77.0 Å². The summed E-state index contributed by atoms with van der Waals surface area (Å²) in [6.07, 6.45) is 1.11. The first-order valence-corrected chi connectivity index (χ1v) is 23.0. The van der Waals surface area contributed by atoms with Gasteiger partial charge in [-0.3, -0.25) is 28.8 Å². The molecule has 0 aliphatic carbocycles. The van der Waals surface area contributed by atoms with Crippen LogP contribution in [0.25, 0.3) is 0 Å². The summed E-state index contributed by atoms with van der Waals surface area (Å²) in [5.74, 6) is -6.19. The fourth-order valence-corrected chi connectivity index (χ4v) is 7.10. The van der Waals surface area contributed by atoms with Crippen LogP contribution < -0.4 is 43.4 Å². The molecule has 0 aliphatic rings. The summed E-state index contributed by atoms with van der Waals surface area (Å²) in [7, 11) is 0. The standard InChI is InChI=1S/C48H68N8O10S/c1-6-28(4)40(56-46(63)39(50)41(67)27(2)3)47(64)51-29(5)42(59)52-35(14-10-11-23-49)43(60)53-36(24-31-15-19-33(57)20-16-31)44(61)54-37(25-32-17-21-34(58)22-18-32)45(62)55-38(48(65)66)26-30-12-8-7-9-13-30/h7-9,12-13,15-22,27-29,35-41,57-58,67H,6,10-11,14,23-26,49-50H2,1-5H3,(H,51,64)(H,52,59)(H,53,60)(H,54,61)(H,55,62)(H,56,63)(H,65,66)/t28-,29-,35-,36-,37-,38-,39-,40-,41?/m0/s1. The summed E-state index contributed by atoms with van der Waals surface area (Å²) < 4.78 is 0. The number of hydrogen-bond donors (Lipinski definition) is 12. The molecule has 0 aliphatic heterocycles. The Morgan fingerprint density at radius 1 is 0.567 bits per heavy atom. The van der Waals surface area contributed by atoms with Gasteiger partial charge in [0.05, 0.1) is 6.04 Å². The van der Waals surface area contributed by atoms with E-state index in [0.717, 1.165) is 0 Å². The van der Waals surface area contributed by atoms with Gasteiger partial charge in [0, 0.05) is 24.5 Å². The molecule has 19 heteroatoms. The minimum Gasteiger partial charge on any atom is -0.508 e. The Kier molecular flexibility index (Phi) is 22.6. The third-order valence-corrected chi connectivity index (χ3v) is 12.3. The summed E-state index contributed by atoms with van der Waals surface area (Å²) in [4.78, 5) is 95.4. The normalized spacial score (nSPS) is 15.2. The Hall–Kier alpha value is -6.18.